The Morgan fingerprint density at radius 2 is 2.33 bits per heavy atom. The lowest BCUT2D eigenvalue weighted by Gasteiger charge is -2.31. The number of hydrogen-bond acceptors (Lipinski definition) is 2. The summed E-state index contributed by atoms with van der Waals surface area (Å²) in [5.41, 5.74) is 1.61. The molecule has 1 unspecified atom stereocenters. The van der Waals surface area contributed by atoms with Crippen molar-refractivity contribution in [3.8, 4) is 0 Å². The molecule has 12 heavy (non-hydrogen) atoms. The second kappa shape index (κ2) is 3.24. The molecule has 0 N–H and O–H groups in total. The molecule has 2 heteroatoms. The molecule has 66 valence electrons. The first-order valence-electron chi connectivity index (χ1n) is 4.28. The van der Waals surface area contributed by atoms with E-state index >= 15 is 0 Å². The summed E-state index contributed by atoms with van der Waals surface area (Å²) >= 11 is 0. The minimum atomic E-state index is 0.0613. The van der Waals surface area contributed by atoms with Gasteiger partial charge in [0.2, 0.25) is 6.08 Å². The Hall–Kier alpha value is -0.880. The number of nitrogens with zero attached hydrogens (tertiary/aromatic N) is 1. The van der Waals surface area contributed by atoms with E-state index in [-0.39, 0.29) is 11.5 Å². The molecule has 0 aromatic heterocycles. The molecule has 0 aliphatic heterocycles. The van der Waals surface area contributed by atoms with Crippen molar-refractivity contribution in [3.05, 3.63) is 11.6 Å². The van der Waals surface area contributed by atoms with Gasteiger partial charge < -0.3 is 0 Å². The fraction of sp³-hybridized carbons (Fsp3) is 0.700. The Kier molecular flexibility index (Phi) is 2.49. The Bertz CT molecular complexity index is 247. The first-order chi connectivity index (χ1) is 5.53. The highest BCUT2D eigenvalue weighted by molar-refractivity contribution is 5.35. The van der Waals surface area contributed by atoms with Crippen LogP contribution in [0.15, 0.2) is 16.6 Å². The number of allylic oxidation sites excluding steroid dienone is 1. The first-order valence-corrected chi connectivity index (χ1v) is 4.28. The van der Waals surface area contributed by atoms with Crippen molar-refractivity contribution < 1.29 is 4.79 Å². The molecular formula is C10H15NO. The van der Waals surface area contributed by atoms with Crippen molar-refractivity contribution in [2.45, 2.75) is 39.7 Å². The van der Waals surface area contributed by atoms with Crippen molar-refractivity contribution in [3.63, 3.8) is 0 Å². The molecule has 0 aromatic rings. The smallest absolute Gasteiger partial charge is 0.211 e. The molecule has 0 saturated heterocycles. The molecule has 0 spiro atoms. The number of rotatable bonds is 1. The second-order valence-electron chi connectivity index (χ2n) is 4.35. The average molecular weight is 165 g/mol. The zero-order valence-electron chi connectivity index (χ0n) is 7.92. The van der Waals surface area contributed by atoms with E-state index in [9.17, 15) is 4.79 Å². The molecule has 0 saturated carbocycles. The highest BCUT2D eigenvalue weighted by Gasteiger charge is 2.26. The molecule has 1 aliphatic carbocycles. The van der Waals surface area contributed by atoms with Crippen LogP contribution < -0.4 is 0 Å². The van der Waals surface area contributed by atoms with Crippen LogP contribution in [0, 0.1) is 5.41 Å². The molecule has 0 aromatic carbocycles. The van der Waals surface area contributed by atoms with Crippen LogP contribution in [0.3, 0.4) is 0 Å². The van der Waals surface area contributed by atoms with Crippen LogP contribution in [0.2, 0.25) is 0 Å². The van der Waals surface area contributed by atoms with E-state index in [0.717, 1.165) is 12.8 Å². The molecule has 2 nitrogen and oxygen atoms in total. The topological polar surface area (TPSA) is 29.4 Å². The van der Waals surface area contributed by atoms with Crippen molar-refractivity contribution in [2.24, 2.45) is 10.4 Å². The molecule has 1 atom stereocenters. The van der Waals surface area contributed by atoms with Gasteiger partial charge in [0, 0.05) is 0 Å². The van der Waals surface area contributed by atoms with Gasteiger partial charge >= 0.3 is 0 Å². The van der Waals surface area contributed by atoms with Crippen LogP contribution in [-0.4, -0.2) is 12.1 Å². The van der Waals surface area contributed by atoms with Crippen LogP contribution in [0.4, 0.5) is 0 Å². The fourth-order valence-electron chi connectivity index (χ4n) is 1.99. The summed E-state index contributed by atoms with van der Waals surface area (Å²) in [5, 5.41) is 0. The summed E-state index contributed by atoms with van der Waals surface area (Å²) in [6.07, 6.45) is 5.76. The lowest BCUT2D eigenvalue weighted by atomic mass is 9.76. The Morgan fingerprint density at radius 1 is 1.67 bits per heavy atom. The van der Waals surface area contributed by atoms with Gasteiger partial charge in [0.15, 0.2) is 0 Å². The third-order valence-electron chi connectivity index (χ3n) is 2.21. The van der Waals surface area contributed by atoms with E-state index in [1.807, 2.05) is 0 Å². The van der Waals surface area contributed by atoms with E-state index in [0.29, 0.717) is 0 Å². The van der Waals surface area contributed by atoms with Crippen LogP contribution in [-0.2, 0) is 4.79 Å². The van der Waals surface area contributed by atoms with Gasteiger partial charge in [-0.1, -0.05) is 25.5 Å². The molecule has 1 rings (SSSR count). The van der Waals surface area contributed by atoms with Crippen molar-refractivity contribution in [1.82, 2.24) is 0 Å². The summed E-state index contributed by atoms with van der Waals surface area (Å²) < 4.78 is 0. The Labute approximate surface area is 73.4 Å². The summed E-state index contributed by atoms with van der Waals surface area (Å²) in [6.45, 7) is 6.50. The normalized spacial score (nSPS) is 27.2. The Morgan fingerprint density at radius 3 is 2.83 bits per heavy atom. The van der Waals surface area contributed by atoms with Crippen LogP contribution in [0.1, 0.15) is 33.6 Å². The van der Waals surface area contributed by atoms with Gasteiger partial charge in [0.05, 0.1) is 6.04 Å². The molecule has 0 heterocycles. The lowest BCUT2D eigenvalue weighted by molar-refractivity contribution is 0.302. The maximum Gasteiger partial charge on any atom is 0.235 e. The maximum absolute atomic E-state index is 10.1. The minimum absolute atomic E-state index is 0.0613. The van der Waals surface area contributed by atoms with Crippen LogP contribution in [0.5, 0.6) is 0 Å². The summed E-state index contributed by atoms with van der Waals surface area (Å²) in [5.74, 6) is 0. The van der Waals surface area contributed by atoms with Crippen LogP contribution >= 0.6 is 0 Å². The van der Waals surface area contributed by atoms with E-state index < -0.39 is 0 Å². The monoisotopic (exact) mass is 165 g/mol. The molecule has 0 fully saturated rings. The predicted octanol–water partition coefficient (Wildman–Crippen LogP) is 2.46. The Balaban J connectivity index is 2.80. The average Bonchev–Trinajstić information content (AvgIpc) is 1.82. The largest absolute Gasteiger partial charge is 0.235 e. The number of aliphatic imine (C=N–C) groups is 1. The van der Waals surface area contributed by atoms with E-state index in [4.69, 9.17) is 0 Å². The molecular weight excluding hydrogens is 150 g/mol. The molecule has 0 amide bonds. The van der Waals surface area contributed by atoms with Gasteiger partial charge in [-0.3, -0.25) is 0 Å². The number of carbonyl (C=O) groups excluding carboxylic acids is 1. The number of isocyanates is 1. The zero-order valence-corrected chi connectivity index (χ0v) is 7.92. The van der Waals surface area contributed by atoms with Gasteiger partial charge in [-0.15, -0.1) is 0 Å². The SMILES string of the molecule is CC1=CC(N=C=O)CC(C)(C)C1. The van der Waals surface area contributed by atoms with Gasteiger partial charge in [0.1, 0.15) is 0 Å². The van der Waals surface area contributed by atoms with Gasteiger partial charge in [-0.05, 0) is 25.2 Å². The highest BCUT2D eigenvalue weighted by Crippen LogP contribution is 2.35. The second-order valence-corrected chi connectivity index (χ2v) is 4.35. The fourth-order valence-corrected chi connectivity index (χ4v) is 1.99. The third kappa shape index (κ3) is 2.31. The lowest BCUT2D eigenvalue weighted by Crippen LogP contribution is -2.23. The third-order valence-corrected chi connectivity index (χ3v) is 2.21. The van der Waals surface area contributed by atoms with Gasteiger partial charge in [-0.2, -0.15) is 4.99 Å². The van der Waals surface area contributed by atoms with Gasteiger partial charge in [0.25, 0.3) is 0 Å². The van der Waals surface area contributed by atoms with Crippen molar-refractivity contribution in [2.75, 3.05) is 0 Å². The molecule has 0 bridgehead atoms. The maximum atomic E-state index is 10.1. The minimum Gasteiger partial charge on any atom is -0.211 e. The predicted molar refractivity (Wildman–Crippen MR) is 48.7 cm³/mol. The molecule has 0 radical (unpaired) electrons. The highest BCUT2D eigenvalue weighted by atomic mass is 16.1. The van der Waals surface area contributed by atoms with E-state index in [1.165, 1.54) is 5.57 Å². The summed E-state index contributed by atoms with van der Waals surface area (Å²) in [4.78, 5) is 13.8. The standard InChI is InChI=1S/C10H15NO/c1-8-4-9(11-7-12)6-10(2,3)5-8/h4,9H,5-6H2,1-3H3. The summed E-state index contributed by atoms with van der Waals surface area (Å²) in [6, 6.07) is 0.0613. The zero-order chi connectivity index (χ0) is 9.19. The first kappa shape index (κ1) is 9.21. The molecule has 1 aliphatic rings. The summed E-state index contributed by atoms with van der Waals surface area (Å²) in [7, 11) is 0. The quantitative estimate of drug-likeness (QED) is 0.333. The van der Waals surface area contributed by atoms with Crippen LogP contribution in [0.25, 0.3) is 0 Å². The van der Waals surface area contributed by atoms with Gasteiger partial charge in [-0.25, -0.2) is 4.79 Å². The van der Waals surface area contributed by atoms with E-state index in [2.05, 4.69) is 31.8 Å². The van der Waals surface area contributed by atoms with Crippen molar-refractivity contribution in [1.29, 1.82) is 0 Å². The van der Waals surface area contributed by atoms with Crippen molar-refractivity contribution >= 4 is 6.08 Å². The van der Waals surface area contributed by atoms with E-state index in [1.54, 1.807) is 6.08 Å². The number of hydrogen-bond donors (Lipinski definition) is 0.